The van der Waals surface area contributed by atoms with Crippen LogP contribution in [-0.2, 0) is 4.79 Å². The molecule has 0 spiro atoms. The van der Waals surface area contributed by atoms with E-state index in [0.29, 0.717) is 23.7 Å². The van der Waals surface area contributed by atoms with E-state index >= 15 is 0 Å². The Morgan fingerprint density at radius 1 is 1.25 bits per heavy atom. The molecular weight excluding hydrogens is 308 g/mol. The molecule has 1 heterocycles. The normalized spacial score (nSPS) is 11.1. The van der Waals surface area contributed by atoms with Crippen LogP contribution in [0, 0.1) is 0 Å². The van der Waals surface area contributed by atoms with Crippen molar-refractivity contribution in [1.29, 1.82) is 0 Å². The van der Waals surface area contributed by atoms with Crippen LogP contribution in [0.25, 0.3) is 6.08 Å². The van der Waals surface area contributed by atoms with Gasteiger partial charge in [-0.2, -0.15) is 0 Å². The van der Waals surface area contributed by atoms with E-state index in [2.05, 4.69) is 12.2 Å². The van der Waals surface area contributed by atoms with Crippen molar-refractivity contribution >= 4 is 17.9 Å². The summed E-state index contributed by atoms with van der Waals surface area (Å²) in [7, 11) is 0. The van der Waals surface area contributed by atoms with Crippen LogP contribution in [0.1, 0.15) is 35.9 Å². The van der Waals surface area contributed by atoms with Crippen molar-refractivity contribution in [2.45, 2.75) is 19.8 Å². The van der Waals surface area contributed by atoms with Crippen LogP contribution in [0.4, 0.5) is 0 Å². The Labute approximate surface area is 140 Å². The second-order valence-corrected chi connectivity index (χ2v) is 5.12. The minimum atomic E-state index is -0.751. The number of unbranched alkanes of at least 4 members (excludes halogenated alkanes) is 1. The molecule has 3 N–H and O–H groups in total. The molecule has 0 saturated heterocycles. The highest BCUT2D eigenvalue weighted by molar-refractivity contribution is 6.04. The van der Waals surface area contributed by atoms with Crippen molar-refractivity contribution in [2.75, 3.05) is 6.61 Å². The zero-order chi connectivity index (χ0) is 17.4. The molecule has 0 aliphatic heterocycles. The quantitative estimate of drug-likeness (QED) is 0.575. The highest BCUT2D eigenvalue weighted by Crippen LogP contribution is 2.13. The van der Waals surface area contributed by atoms with Gasteiger partial charge in [-0.3, -0.25) is 9.59 Å². The van der Waals surface area contributed by atoms with Crippen LogP contribution < -0.4 is 15.8 Å². The third-order valence-corrected chi connectivity index (χ3v) is 3.23. The van der Waals surface area contributed by atoms with Gasteiger partial charge in [-0.05, 0) is 42.8 Å². The number of hydrogen-bond donors (Lipinski definition) is 2. The fourth-order valence-electron chi connectivity index (χ4n) is 1.92. The number of benzene rings is 1. The van der Waals surface area contributed by atoms with Crippen molar-refractivity contribution in [2.24, 2.45) is 5.73 Å². The lowest BCUT2D eigenvalue weighted by Gasteiger charge is -2.08. The Bertz CT molecular complexity index is 703. The van der Waals surface area contributed by atoms with Crippen molar-refractivity contribution in [3.05, 3.63) is 59.7 Å². The molecule has 0 fully saturated rings. The summed E-state index contributed by atoms with van der Waals surface area (Å²) in [4.78, 5) is 23.7. The van der Waals surface area contributed by atoms with Gasteiger partial charge in [0.2, 0.25) is 0 Å². The van der Waals surface area contributed by atoms with Gasteiger partial charge in [0, 0.05) is 11.6 Å². The molecule has 0 unspecified atom stereocenters. The van der Waals surface area contributed by atoms with Gasteiger partial charge in [0.1, 0.15) is 17.2 Å². The van der Waals surface area contributed by atoms with E-state index in [9.17, 15) is 9.59 Å². The fourth-order valence-corrected chi connectivity index (χ4v) is 1.92. The van der Waals surface area contributed by atoms with Gasteiger partial charge < -0.3 is 20.2 Å². The van der Waals surface area contributed by atoms with Crippen LogP contribution in [0.3, 0.4) is 0 Å². The largest absolute Gasteiger partial charge is 0.494 e. The number of carbonyl (C=O) groups excluding carboxylic acids is 2. The number of rotatable bonds is 8. The minimum absolute atomic E-state index is 0.0433. The van der Waals surface area contributed by atoms with Crippen LogP contribution in [0.2, 0.25) is 0 Å². The lowest BCUT2D eigenvalue weighted by atomic mass is 10.2. The first-order chi connectivity index (χ1) is 11.6. The lowest BCUT2D eigenvalue weighted by Crippen LogP contribution is -2.31. The molecule has 0 radical (unpaired) electrons. The van der Waals surface area contributed by atoms with Crippen molar-refractivity contribution in [3.8, 4) is 5.75 Å². The van der Waals surface area contributed by atoms with Crippen molar-refractivity contribution in [1.82, 2.24) is 5.32 Å². The second-order valence-electron chi connectivity index (χ2n) is 5.12. The monoisotopic (exact) mass is 328 g/mol. The third-order valence-electron chi connectivity index (χ3n) is 3.23. The summed E-state index contributed by atoms with van der Waals surface area (Å²) in [6, 6.07) is 10.0. The molecule has 6 heteroatoms. The van der Waals surface area contributed by atoms with E-state index in [1.54, 1.807) is 36.4 Å². The molecule has 2 amide bonds. The first-order valence-corrected chi connectivity index (χ1v) is 7.69. The number of ether oxygens (including phenoxy) is 1. The van der Waals surface area contributed by atoms with Crippen LogP contribution in [0.15, 0.2) is 52.8 Å². The smallest absolute Gasteiger partial charge is 0.265 e. The number of nitrogens with one attached hydrogen (secondary N) is 1. The predicted octanol–water partition coefficient (Wildman–Crippen LogP) is 2.71. The summed E-state index contributed by atoms with van der Waals surface area (Å²) in [6.07, 6.45) is 4.87. The standard InChI is InChI=1S/C18H20N2O4/c1-2-3-10-23-14-8-6-13(7-9-14)18(22)20-16(17(19)21)12-15-5-4-11-24-15/h4-9,11-12H,2-3,10H2,1H3,(H2,19,21)(H,20,22). The summed E-state index contributed by atoms with van der Waals surface area (Å²) in [6.45, 7) is 2.73. The number of primary amides is 1. The average Bonchev–Trinajstić information content (AvgIpc) is 3.08. The molecule has 1 aromatic heterocycles. The Kier molecular flexibility index (Phi) is 6.19. The molecule has 2 aromatic rings. The Hall–Kier alpha value is -3.02. The van der Waals surface area contributed by atoms with Crippen molar-refractivity contribution < 1.29 is 18.7 Å². The third kappa shape index (κ3) is 5.01. The lowest BCUT2D eigenvalue weighted by molar-refractivity contribution is -0.114. The molecule has 24 heavy (non-hydrogen) atoms. The summed E-state index contributed by atoms with van der Waals surface area (Å²) in [5, 5.41) is 2.49. The first-order valence-electron chi connectivity index (χ1n) is 7.69. The van der Waals surface area contributed by atoms with Gasteiger partial charge in [0.05, 0.1) is 12.9 Å². The number of nitrogens with two attached hydrogens (primary N) is 1. The fraction of sp³-hybridized carbons (Fsp3) is 0.222. The van der Waals surface area contributed by atoms with Gasteiger partial charge in [0.25, 0.3) is 11.8 Å². The van der Waals surface area contributed by atoms with Crippen molar-refractivity contribution in [3.63, 3.8) is 0 Å². The molecule has 0 bridgehead atoms. The molecule has 0 aliphatic carbocycles. The van der Waals surface area contributed by atoms with Gasteiger partial charge in [-0.1, -0.05) is 13.3 Å². The van der Waals surface area contributed by atoms with Gasteiger partial charge >= 0.3 is 0 Å². The van der Waals surface area contributed by atoms with E-state index in [1.165, 1.54) is 12.3 Å². The summed E-state index contributed by atoms with van der Waals surface area (Å²) < 4.78 is 10.7. The van der Waals surface area contributed by atoms with Gasteiger partial charge in [0.15, 0.2) is 0 Å². The van der Waals surface area contributed by atoms with E-state index in [-0.39, 0.29) is 5.70 Å². The highest BCUT2D eigenvalue weighted by Gasteiger charge is 2.12. The second kappa shape index (κ2) is 8.57. The van der Waals surface area contributed by atoms with E-state index in [4.69, 9.17) is 14.9 Å². The summed E-state index contributed by atoms with van der Waals surface area (Å²) in [5.74, 6) is -0.0731. The topological polar surface area (TPSA) is 94.6 Å². The summed E-state index contributed by atoms with van der Waals surface area (Å²) in [5.41, 5.74) is 5.64. The number of furan rings is 1. The van der Waals surface area contributed by atoms with E-state index in [0.717, 1.165) is 12.8 Å². The number of hydrogen-bond acceptors (Lipinski definition) is 4. The molecule has 6 nitrogen and oxygen atoms in total. The predicted molar refractivity (Wildman–Crippen MR) is 90.2 cm³/mol. The SMILES string of the molecule is CCCCOc1ccc(C(=O)NC(=Cc2ccco2)C(N)=O)cc1. The van der Waals surface area contributed by atoms with Gasteiger partial charge in [-0.15, -0.1) is 0 Å². The molecule has 0 atom stereocenters. The van der Waals surface area contributed by atoms with E-state index < -0.39 is 11.8 Å². The Balaban J connectivity index is 2.03. The average molecular weight is 328 g/mol. The van der Waals surface area contributed by atoms with Crippen LogP contribution >= 0.6 is 0 Å². The zero-order valence-electron chi connectivity index (χ0n) is 13.5. The number of amides is 2. The summed E-state index contributed by atoms with van der Waals surface area (Å²) >= 11 is 0. The van der Waals surface area contributed by atoms with E-state index in [1.807, 2.05) is 0 Å². The Morgan fingerprint density at radius 2 is 2.00 bits per heavy atom. The maximum Gasteiger partial charge on any atom is 0.265 e. The molecule has 2 rings (SSSR count). The number of carbonyl (C=O) groups is 2. The molecular formula is C18H20N2O4. The zero-order valence-corrected chi connectivity index (χ0v) is 13.5. The maximum atomic E-state index is 12.2. The molecule has 1 aromatic carbocycles. The molecule has 126 valence electrons. The Morgan fingerprint density at radius 3 is 2.58 bits per heavy atom. The minimum Gasteiger partial charge on any atom is -0.494 e. The van der Waals surface area contributed by atoms with Gasteiger partial charge in [-0.25, -0.2) is 0 Å². The van der Waals surface area contributed by atoms with Crippen LogP contribution in [-0.4, -0.2) is 18.4 Å². The first kappa shape index (κ1) is 17.3. The molecule has 0 aliphatic rings. The van der Waals surface area contributed by atoms with Crippen LogP contribution in [0.5, 0.6) is 5.75 Å². The maximum absolute atomic E-state index is 12.2. The highest BCUT2D eigenvalue weighted by atomic mass is 16.5. The molecule has 0 saturated carbocycles.